The van der Waals surface area contributed by atoms with Crippen LogP contribution in [0.15, 0.2) is 47.4 Å². The summed E-state index contributed by atoms with van der Waals surface area (Å²) in [6.45, 7) is 4.23. The highest BCUT2D eigenvalue weighted by Gasteiger charge is 2.18. The number of hydrogen-bond acceptors (Lipinski definition) is 5. The van der Waals surface area contributed by atoms with Gasteiger partial charge >= 0.3 is 0 Å². The van der Waals surface area contributed by atoms with Gasteiger partial charge in [0.2, 0.25) is 16.8 Å². The summed E-state index contributed by atoms with van der Waals surface area (Å²) in [6.07, 6.45) is 1.82. The van der Waals surface area contributed by atoms with Crippen LogP contribution in [0.25, 0.3) is 0 Å². The van der Waals surface area contributed by atoms with Gasteiger partial charge in [-0.05, 0) is 49.2 Å². The minimum Gasteiger partial charge on any atom is -0.454 e. The van der Waals surface area contributed by atoms with Gasteiger partial charge < -0.3 is 14.8 Å². The number of rotatable bonds is 8. The third-order valence-corrected chi connectivity index (χ3v) is 5.81. The minimum absolute atomic E-state index is 0.0295. The molecule has 0 saturated heterocycles. The molecule has 0 fully saturated rings. The van der Waals surface area contributed by atoms with Gasteiger partial charge in [-0.25, -0.2) is 13.1 Å². The van der Waals surface area contributed by atoms with E-state index in [0.717, 1.165) is 18.4 Å². The second-order valence-electron chi connectivity index (χ2n) is 6.70. The smallest absolute Gasteiger partial charge is 0.251 e. The SMILES string of the molecule is CCC[C@@H](C)NC(=O)c1cccc(S(=O)(=O)NCc2ccc3c(c2)OCO3)c1. The molecule has 0 saturated carbocycles. The highest BCUT2D eigenvalue weighted by atomic mass is 32.2. The van der Waals surface area contributed by atoms with E-state index < -0.39 is 10.0 Å². The van der Waals surface area contributed by atoms with Gasteiger partial charge in [0.25, 0.3) is 5.91 Å². The quantitative estimate of drug-likeness (QED) is 0.706. The molecular weight excluding hydrogens is 380 g/mol. The van der Waals surface area contributed by atoms with Crippen LogP contribution in [0.1, 0.15) is 42.6 Å². The molecule has 28 heavy (non-hydrogen) atoms. The largest absolute Gasteiger partial charge is 0.454 e. The van der Waals surface area contributed by atoms with Crippen LogP contribution in [0.2, 0.25) is 0 Å². The third-order valence-electron chi connectivity index (χ3n) is 4.41. The van der Waals surface area contributed by atoms with Crippen molar-refractivity contribution in [2.75, 3.05) is 6.79 Å². The number of benzene rings is 2. The van der Waals surface area contributed by atoms with Crippen LogP contribution in [-0.2, 0) is 16.6 Å². The van der Waals surface area contributed by atoms with Crippen LogP contribution < -0.4 is 19.5 Å². The lowest BCUT2D eigenvalue weighted by atomic mass is 10.1. The first kappa shape index (κ1) is 20.2. The van der Waals surface area contributed by atoms with Crippen LogP contribution in [0, 0.1) is 0 Å². The summed E-state index contributed by atoms with van der Waals surface area (Å²) in [7, 11) is -3.77. The first-order chi connectivity index (χ1) is 13.4. The molecule has 0 bridgehead atoms. The molecule has 3 rings (SSSR count). The summed E-state index contributed by atoms with van der Waals surface area (Å²) < 4.78 is 38.4. The highest BCUT2D eigenvalue weighted by molar-refractivity contribution is 7.89. The highest BCUT2D eigenvalue weighted by Crippen LogP contribution is 2.32. The Morgan fingerprint density at radius 1 is 1.14 bits per heavy atom. The molecule has 2 aromatic rings. The molecule has 0 aliphatic carbocycles. The van der Waals surface area contributed by atoms with E-state index in [0.29, 0.717) is 17.1 Å². The van der Waals surface area contributed by atoms with E-state index in [1.807, 2.05) is 13.8 Å². The lowest BCUT2D eigenvalue weighted by Crippen LogP contribution is -2.32. The molecule has 0 unspecified atom stereocenters. The lowest BCUT2D eigenvalue weighted by molar-refractivity contribution is 0.0938. The van der Waals surface area contributed by atoms with Crippen molar-refractivity contribution in [3.8, 4) is 11.5 Å². The van der Waals surface area contributed by atoms with Crippen molar-refractivity contribution in [3.63, 3.8) is 0 Å². The first-order valence-corrected chi connectivity index (χ1v) is 10.7. The van der Waals surface area contributed by atoms with Crippen molar-refractivity contribution >= 4 is 15.9 Å². The molecule has 0 radical (unpaired) electrons. The average molecular weight is 404 g/mol. The molecule has 1 heterocycles. The standard InChI is InChI=1S/C20H24N2O5S/c1-3-5-14(2)22-20(23)16-6-4-7-17(11-16)28(24,25)21-12-15-8-9-18-19(10-15)27-13-26-18/h4,6-11,14,21H,3,5,12-13H2,1-2H3,(H,22,23)/t14-/m1/s1. The number of nitrogens with one attached hydrogen (secondary N) is 2. The van der Waals surface area contributed by atoms with Gasteiger partial charge in [0.15, 0.2) is 11.5 Å². The maximum absolute atomic E-state index is 12.6. The normalized spacial score (nSPS) is 13.9. The maximum Gasteiger partial charge on any atom is 0.251 e. The summed E-state index contributed by atoms with van der Waals surface area (Å²) in [4.78, 5) is 12.4. The predicted molar refractivity (Wildman–Crippen MR) is 105 cm³/mol. The molecule has 0 aromatic heterocycles. The third kappa shape index (κ3) is 4.82. The molecule has 2 N–H and O–H groups in total. The van der Waals surface area contributed by atoms with Gasteiger partial charge in [-0.2, -0.15) is 0 Å². The van der Waals surface area contributed by atoms with Crippen LogP contribution in [0.4, 0.5) is 0 Å². The van der Waals surface area contributed by atoms with Crippen molar-refractivity contribution < 1.29 is 22.7 Å². The molecular formula is C20H24N2O5S. The van der Waals surface area contributed by atoms with Crippen LogP contribution in [0.5, 0.6) is 11.5 Å². The van der Waals surface area contributed by atoms with Gasteiger partial charge in [0, 0.05) is 18.2 Å². The zero-order valence-corrected chi connectivity index (χ0v) is 16.7. The van der Waals surface area contributed by atoms with Gasteiger partial charge in [0.05, 0.1) is 4.90 Å². The molecule has 1 atom stereocenters. The van der Waals surface area contributed by atoms with Crippen LogP contribution in [-0.4, -0.2) is 27.2 Å². The van der Waals surface area contributed by atoms with Gasteiger partial charge in [0.1, 0.15) is 0 Å². The summed E-state index contributed by atoms with van der Waals surface area (Å²) in [6, 6.07) is 11.3. The van der Waals surface area contributed by atoms with Crippen LogP contribution in [0.3, 0.4) is 0 Å². The number of carbonyl (C=O) groups is 1. The number of carbonyl (C=O) groups excluding carboxylic acids is 1. The molecule has 1 aliphatic rings. The Kier molecular flexibility index (Phi) is 6.21. The number of sulfonamides is 1. The number of ether oxygens (including phenoxy) is 2. The van der Waals surface area contributed by atoms with E-state index in [9.17, 15) is 13.2 Å². The summed E-state index contributed by atoms with van der Waals surface area (Å²) in [5.41, 5.74) is 1.06. The Balaban J connectivity index is 1.68. The van der Waals surface area contributed by atoms with E-state index in [4.69, 9.17) is 9.47 Å². The Hall–Kier alpha value is -2.58. The second-order valence-corrected chi connectivity index (χ2v) is 8.47. The predicted octanol–water partition coefficient (Wildman–Crippen LogP) is 2.81. The maximum atomic E-state index is 12.6. The van der Waals surface area contributed by atoms with Crippen molar-refractivity contribution in [1.29, 1.82) is 0 Å². The van der Waals surface area contributed by atoms with Crippen molar-refractivity contribution in [2.45, 2.75) is 44.2 Å². The van der Waals surface area contributed by atoms with Gasteiger partial charge in [-0.15, -0.1) is 0 Å². The van der Waals surface area contributed by atoms with Crippen LogP contribution >= 0.6 is 0 Å². The summed E-state index contributed by atoms with van der Waals surface area (Å²) >= 11 is 0. The lowest BCUT2D eigenvalue weighted by Gasteiger charge is -2.13. The zero-order valence-electron chi connectivity index (χ0n) is 15.9. The second kappa shape index (κ2) is 8.62. The number of amides is 1. The molecule has 2 aromatic carbocycles. The Labute approximate surface area is 165 Å². The summed E-state index contributed by atoms with van der Waals surface area (Å²) in [5.74, 6) is 0.952. The number of fused-ring (bicyclic) bond motifs is 1. The fourth-order valence-electron chi connectivity index (χ4n) is 2.93. The van der Waals surface area contributed by atoms with E-state index >= 15 is 0 Å². The van der Waals surface area contributed by atoms with E-state index in [1.54, 1.807) is 30.3 Å². The molecule has 1 amide bonds. The molecule has 7 nitrogen and oxygen atoms in total. The zero-order chi connectivity index (χ0) is 20.1. The molecule has 1 aliphatic heterocycles. The van der Waals surface area contributed by atoms with Gasteiger partial charge in [-0.1, -0.05) is 25.5 Å². The van der Waals surface area contributed by atoms with E-state index in [2.05, 4.69) is 10.0 Å². The Bertz CT molecular complexity index is 959. The Morgan fingerprint density at radius 3 is 2.71 bits per heavy atom. The fraction of sp³-hybridized carbons (Fsp3) is 0.350. The van der Waals surface area contributed by atoms with Crippen molar-refractivity contribution in [2.24, 2.45) is 0 Å². The minimum atomic E-state index is -3.77. The summed E-state index contributed by atoms with van der Waals surface area (Å²) in [5, 5.41) is 2.88. The first-order valence-electron chi connectivity index (χ1n) is 9.18. The molecule has 0 spiro atoms. The topological polar surface area (TPSA) is 93.7 Å². The van der Waals surface area contributed by atoms with Gasteiger partial charge in [-0.3, -0.25) is 4.79 Å². The van der Waals surface area contributed by atoms with Crippen molar-refractivity contribution in [1.82, 2.24) is 10.0 Å². The number of hydrogen-bond donors (Lipinski definition) is 2. The Morgan fingerprint density at radius 2 is 1.93 bits per heavy atom. The van der Waals surface area contributed by atoms with Crippen molar-refractivity contribution in [3.05, 3.63) is 53.6 Å². The fourth-order valence-corrected chi connectivity index (χ4v) is 3.99. The van der Waals surface area contributed by atoms with E-state index in [-0.39, 0.29) is 30.2 Å². The molecule has 8 heteroatoms. The van der Waals surface area contributed by atoms with E-state index in [1.165, 1.54) is 12.1 Å². The monoisotopic (exact) mass is 404 g/mol. The molecule has 150 valence electrons. The average Bonchev–Trinajstić information content (AvgIpc) is 3.14.